The van der Waals surface area contributed by atoms with Gasteiger partial charge in [-0.1, -0.05) is 0 Å². The molecule has 0 N–H and O–H groups in total. The van der Waals surface area contributed by atoms with E-state index < -0.39 is 66.4 Å². The molecule has 27 heavy (non-hydrogen) atoms. The average Bonchev–Trinajstić information content (AvgIpc) is 2.27. The maximum atomic E-state index is 12.1. The molecule has 0 radical (unpaired) electrons. The summed E-state index contributed by atoms with van der Waals surface area (Å²) in [5, 5.41) is 0. The van der Waals surface area contributed by atoms with Gasteiger partial charge in [0, 0.05) is 0 Å². The van der Waals surface area contributed by atoms with Crippen LogP contribution in [0.5, 0.6) is 0 Å². The van der Waals surface area contributed by atoms with Crippen molar-refractivity contribution < 1.29 is 45.5 Å². The van der Waals surface area contributed by atoms with Crippen LogP contribution in [0, 0.1) is 0 Å². The minimum atomic E-state index is -4.59. The highest BCUT2D eigenvalue weighted by molar-refractivity contribution is 7.86. The van der Waals surface area contributed by atoms with E-state index in [0.717, 1.165) is 13.2 Å². The summed E-state index contributed by atoms with van der Waals surface area (Å²) in [5.74, 6) is 0. The van der Waals surface area contributed by atoms with Gasteiger partial charge < -0.3 is 0 Å². The molecule has 0 aromatic carbocycles. The summed E-state index contributed by atoms with van der Waals surface area (Å²) < 4.78 is 94.4. The topological polar surface area (TPSA) is 149 Å². The van der Waals surface area contributed by atoms with Gasteiger partial charge >= 0.3 is 20.8 Å². The Balaban J connectivity index is 5.50. The minimum Gasteiger partial charge on any atom is -0.294 e. The van der Waals surface area contributed by atoms with Crippen LogP contribution in [0.3, 0.4) is 0 Å². The van der Waals surface area contributed by atoms with E-state index in [1.807, 2.05) is 0 Å². The van der Waals surface area contributed by atoms with Gasteiger partial charge in [0.2, 0.25) is 16.6 Å². The molecule has 0 amide bonds. The normalized spacial score (nSPS) is 16.9. The Morgan fingerprint density at radius 3 is 1.44 bits per heavy atom. The molecule has 0 aromatic rings. The van der Waals surface area contributed by atoms with Crippen LogP contribution in [0.4, 0.5) is 0 Å². The molecule has 0 saturated carbocycles. The Labute approximate surface area is 164 Å². The average molecular weight is 489 g/mol. The maximum absolute atomic E-state index is 12.1. The van der Waals surface area contributed by atoms with E-state index in [-0.39, 0.29) is 0 Å². The highest BCUT2D eigenvalue weighted by atomic mass is 32.3. The third kappa shape index (κ3) is 14.7. The van der Waals surface area contributed by atoms with Gasteiger partial charge in [0.15, 0.2) is 0 Å². The molecule has 0 aliphatic heterocycles. The zero-order chi connectivity index (χ0) is 21.9. The number of rotatable bonds is 12. The van der Waals surface area contributed by atoms with Gasteiger partial charge in [0.05, 0.1) is 12.9 Å². The molecule has 11 nitrogen and oxygen atoms in total. The second-order valence-corrected chi connectivity index (χ2v) is 21.4. The Kier molecular flexibility index (Phi) is 8.87. The van der Waals surface area contributed by atoms with Gasteiger partial charge in [0.25, 0.3) is 10.1 Å². The van der Waals surface area contributed by atoms with E-state index in [9.17, 15) is 25.3 Å². The molecule has 0 bridgehead atoms. The van der Waals surface area contributed by atoms with Gasteiger partial charge in [-0.15, -0.1) is 0 Å². The van der Waals surface area contributed by atoms with Crippen LogP contribution in [0.2, 0.25) is 39.3 Å². The highest BCUT2D eigenvalue weighted by Crippen LogP contribution is 2.22. The number of hydrogen-bond acceptors (Lipinski definition) is 11. The predicted molar refractivity (Wildman–Crippen MR) is 103 cm³/mol. The van der Waals surface area contributed by atoms with Crippen LogP contribution in [0.25, 0.3) is 0 Å². The zero-order valence-corrected chi connectivity index (χ0v) is 21.1. The van der Waals surface area contributed by atoms with E-state index in [4.69, 9.17) is 11.9 Å². The van der Waals surface area contributed by atoms with Crippen LogP contribution in [-0.2, 0) is 51.2 Å². The molecule has 0 aliphatic rings. The van der Waals surface area contributed by atoms with Crippen LogP contribution in [0.15, 0.2) is 0 Å². The lowest BCUT2D eigenvalue weighted by atomic mass is 10.1. The SMILES string of the molecule is CC(COS(C)(=O)=O)(COS(=O)(=O)O[Si](C)(C)C)OS(=O)(=O)O[Si](C)(C)C. The molecule has 0 rings (SSSR count). The molecule has 0 heterocycles. The molecule has 0 aromatic heterocycles. The van der Waals surface area contributed by atoms with Crippen molar-refractivity contribution in [2.45, 2.75) is 51.8 Å². The third-order valence-electron chi connectivity index (χ3n) is 2.09. The molecular weight excluding hydrogens is 460 g/mol. The first-order valence-corrected chi connectivity index (χ1v) is 18.9. The fraction of sp³-hybridized carbons (Fsp3) is 1.00. The van der Waals surface area contributed by atoms with Crippen molar-refractivity contribution in [3.05, 3.63) is 0 Å². The number of hydrogen-bond donors (Lipinski definition) is 0. The Morgan fingerprint density at radius 2 is 1.07 bits per heavy atom. The Morgan fingerprint density at radius 1 is 0.704 bits per heavy atom. The van der Waals surface area contributed by atoms with Crippen molar-refractivity contribution in [2.24, 2.45) is 0 Å². The summed E-state index contributed by atoms with van der Waals surface area (Å²) in [6.07, 6.45) is 0.742. The fourth-order valence-corrected chi connectivity index (χ4v) is 8.09. The van der Waals surface area contributed by atoms with E-state index in [2.05, 4.69) is 8.37 Å². The third-order valence-corrected chi connectivity index (χ3v) is 9.29. The van der Waals surface area contributed by atoms with E-state index in [1.54, 1.807) is 39.3 Å². The summed E-state index contributed by atoms with van der Waals surface area (Å²) in [6, 6.07) is 0. The molecule has 164 valence electrons. The second kappa shape index (κ2) is 8.84. The van der Waals surface area contributed by atoms with Crippen molar-refractivity contribution in [3.8, 4) is 0 Å². The van der Waals surface area contributed by atoms with Crippen LogP contribution in [0.1, 0.15) is 6.92 Å². The monoisotopic (exact) mass is 488 g/mol. The molecule has 0 aliphatic carbocycles. The van der Waals surface area contributed by atoms with Crippen LogP contribution >= 0.6 is 0 Å². The van der Waals surface area contributed by atoms with Gasteiger partial charge in [-0.05, 0) is 46.2 Å². The first-order chi connectivity index (χ1) is 11.5. The van der Waals surface area contributed by atoms with Crippen LogP contribution in [-0.4, -0.2) is 67.0 Å². The Hall–Kier alpha value is 0.0838. The Bertz CT molecular complexity index is 807. The predicted octanol–water partition coefficient (Wildman–Crippen LogP) is 0.947. The maximum Gasteiger partial charge on any atom is 0.390 e. The first-order valence-electron chi connectivity index (χ1n) is 7.64. The van der Waals surface area contributed by atoms with Crippen molar-refractivity contribution in [3.63, 3.8) is 0 Å². The summed E-state index contributed by atoms with van der Waals surface area (Å²) >= 11 is 0. The molecular formula is C11H28O11S3Si2. The molecule has 1 unspecified atom stereocenters. The molecule has 0 fully saturated rings. The minimum absolute atomic E-state index is 0.742. The quantitative estimate of drug-likeness (QED) is 0.285. The summed E-state index contributed by atoms with van der Waals surface area (Å²) in [6.45, 7) is 8.94. The lowest BCUT2D eigenvalue weighted by Gasteiger charge is -2.29. The summed E-state index contributed by atoms with van der Waals surface area (Å²) in [7, 11) is -18.1. The van der Waals surface area contributed by atoms with Gasteiger partial charge in [0.1, 0.15) is 12.2 Å². The van der Waals surface area contributed by atoms with Gasteiger partial charge in [-0.3, -0.25) is 11.9 Å². The zero-order valence-electron chi connectivity index (χ0n) is 16.6. The van der Waals surface area contributed by atoms with E-state index in [0.29, 0.717) is 0 Å². The molecule has 0 spiro atoms. The van der Waals surface area contributed by atoms with Gasteiger partial charge in [-0.2, -0.15) is 25.3 Å². The van der Waals surface area contributed by atoms with E-state index >= 15 is 0 Å². The van der Waals surface area contributed by atoms with Crippen molar-refractivity contribution in [1.82, 2.24) is 0 Å². The largest absolute Gasteiger partial charge is 0.390 e. The molecule has 0 saturated heterocycles. The standard InChI is InChI=1S/C11H28O11S3Si2/c1-11(9-18-23(2,12)13,20-25(16,17)22-27(6,7)8)10-19-24(14,15)21-26(3,4)5/h9-10H2,1-8H3. The van der Waals surface area contributed by atoms with Crippen molar-refractivity contribution in [2.75, 3.05) is 19.5 Å². The fourth-order valence-electron chi connectivity index (χ4n) is 1.42. The second-order valence-electron chi connectivity index (χ2n) is 7.97. The molecule has 16 heteroatoms. The summed E-state index contributed by atoms with van der Waals surface area (Å²) in [5.41, 5.74) is -2.02. The van der Waals surface area contributed by atoms with Gasteiger partial charge in [-0.25, -0.2) is 8.37 Å². The van der Waals surface area contributed by atoms with Crippen molar-refractivity contribution in [1.29, 1.82) is 0 Å². The lowest BCUT2D eigenvalue weighted by Crippen LogP contribution is -2.45. The van der Waals surface area contributed by atoms with E-state index in [1.165, 1.54) is 0 Å². The van der Waals surface area contributed by atoms with Crippen LogP contribution < -0.4 is 0 Å². The first kappa shape index (κ1) is 27.1. The lowest BCUT2D eigenvalue weighted by molar-refractivity contribution is -0.00451. The molecule has 1 atom stereocenters. The summed E-state index contributed by atoms with van der Waals surface area (Å²) in [4.78, 5) is 0. The highest BCUT2D eigenvalue weighted by Gasteiger charge is 2.39. The smallest absolute Gasteiger partial charge is 0.294 e. The van der Waals surface area contributed by atoms with Crippen molar-refractivity contribution >= 4 is 47.6 Å².